The highest BCUT2D eigenvalue weighted by Crippen LogP contribution is 2.33. The zero-order valence-electron chi connectivity index (χ0n) is 12.0. The van der Waals surface area contributed by atoms with Gasteiger partial charge in [-0.15, -0.1) is 0 Å². The Hall–Kier alpha value is -1.36. The van der Waals surface area contributed by atoms with Crippen molar-refractivity contribution in [2.45, 2.75) is 32.6 Å². The maximum absolute atomic E-state index is 12.8. The van der Waals surface area contributed by atoms with Gasteiger partial charge in [-0.25, -0.2) is 4.79 Å². The predicted molar refractivity (Wildman–Crippen MR) is 73.7 cm³/mol. The lowest BCUT2D eigenvalue weighted by Gasteiger charge is -2.38. The molecule has 0 bridgehead atoms. The number of rotatable bonds is 2. The van der Waals surface area contributed by atoms with E-state index < -0.39 is 0 Å². The first-order chi connectivity index (χ1) is 9.68. The molecule has 0 spiro atoms. The summed E-state index contributed by atoms with van der Waals surface area (Å²) in [5.74, 6) is 0.542. The number of carbonyl (C=O) groups is 2. The molecule has 2 saturated heterocycles. The van der Waals surface area contributed by atoms with Gasteiger partial charge in [0.1, 0.15) is 6.61 Å². The largest absolute Gasteiger partial charge is 0.456 e. The van der Waals surface area contributed by atoms with Crippen molar-refractivity contribution in [3.8, 4) is 0 Å². The molecule has 0 aromatic heterocycles. The van der Waals surface area contributed by atoms with Crippen molar-refractivity contribution in [2.24, 2.45) is 11.8 Å². The van der Waals surface area contributed by atoms with Gasteiger partial charge in [-0.3, -0.25) is 4.79 Å². The number of hydrogen-bond acceptors (Lipinski definition) is 4. The molecule has 110 valence electrons. The van der Waals surface area contributed by atoms with E-state index in [0.717, 1.165) is 51.0 Å². The number of carbonyl (C=O) groups excluding carboxylic acids is 2. The number of cyclic esters (lactones) is 1. The second-order valence-corrected chi connectivity index (χ2v) is 5.97. The van der Waals surface area contributed by atoms with Gasteiger partial charge >= 0.3 is 5.97 Å². The Morgan fingerprint density at radius 3 is 2.60 bits per heavy atom. The Labute approximate surface area is 119 Å². The summed E-state index contributed by atoms with van der Waals surface area (Å²) in [5, 5.41) is 3.35. The van der Waals surface area contributed by atoms with Crippen LogP contribution >= 0.6 is 0 Å². The van der Waals surface area contributed by atoms with Crippen LogP contribution in [0.1, 0.15) is 32.6 Å². The highest BCUT2D eigenvalue weighted by atomic mass is 16.5. The first-order valence-electron chi connectivity index (χ1n) is 7.57. The quantitative estimate of drug-likeness (QED) is 0.767. The van der Waals surface area contributed by atoms with Gasteiger partial charge in [-0.1, -0.05) is 0 Å². The third-order valence-corrected chi connectivity index (χ3v) is 4.84. The molecule has 5 nitrogen and oxygen atoms in total. The molecular formula is C15H22N2O3. The fourth-order valence-electron chi connectivity index (χ4n) is 3.60. The zero-order chi connectivity index (χ0) is 14.1. The van der Waals surface area contributed by atoms with Crippen molar-refractivity contribution in [2.75, 3.05) is 26.2 Å². The first kappa shape index (κ1) is 13.6. The van der Waals surface area contributed by atoms with E-state index in [2.05, 4.69) is 5.32 Å². The first-order valence-corrected chi connectivity index (χ1v) is 7.57. The van der Waals surface area contributed by atoms with E-state index in [1.165, 1.54) is 0 Å². The van der Waals surface area contributed by atoms with Crippen LogP contribution in [0.4, 0.5) is 0 Å². The molecule has 5 heteroatoms. The Bertz CT molecular complexity index is 452. The molecule has 2 fully saturated rings. The number of piperidine rings is 2. The molecule has 0 aromatic rings. The van der Waals surface area contributed by atoms with Crippen molar-refractivity contribution in [1.82, 2.24) is 10.2 Å². The van der Waals surface area contributed by atoms with Crippen LogP contribution in [0.3, 0.4) is 0 Å². The van der Waals surface area contributed by atoms with E-state index in [1.54, 1.807) is 6.92 Å². The lowest BCUT2D eigenvalue weighted by Crippen LogP contribution is -2.46. The number of hydrogen-bond donors (Lipinski definition) is 1. The van der Waals surface area contributed by atoms with Crippen molar-refractivity contribution in [1.29, 1.82) is 0 Å². The summed E-state index contributed by atoms with van der Waals surface area (Å²) < 4.78 is 5.04. The molecule has 3 rings (SSSR count). The number of nitrogens with one attached hydrogen (secondary N) is 1. The van der Waals surface area contributed by atoms with Crippen LogP contribution in [0.25, 0.3) is 0 Å². The molecule has 1 N–H and O–H groups in total. The van der Waals surface area contributed by atoms with Crippen molar-refractivity contribution in [3.05, 3.63) is 11.3 Å². The second kappa shape index (κ2) is 5.56. The molecule has 0 aromatic carbocycles. The minimum atomic E-state index is -0.281. The molecule has 20 heavy (non-hydrogen) atoms. The Morgan fingerprint density at radius 1 is 1.20 bits per heavy atom. The topological polar surface area (TPSA) is 58.6 Å². The minimum absolute atomic E-state index is 0.127. The maximum atomic E-state index is 12.8. The summed E-state index contributed by atoms with van der Waals surface area (Å²) in [6.07, 6.45) is 4.17. The van der Waals surface area contributed by atoms with Gasteiger partial charge in [0, 0.05) is 12.5 Å². The fourth-order valence-corrected chi connectivity index (χ4v) is 3.60. The highest BCUT2D eigenvalue weighted by molar-refractivity contribution is 5.93. The van der Waals surface area contributed by atoms with Gasteiger partial charge in [0.05, 0.1) is 11.3 Å². The average molecular weight is 278 g/mol. The van der Waals surface area contributed by atoms with Crippen LogP contribution in [0.15, 0.2) is 11.3 Å². The summed E-state index contributed by atoms with van der Waals surface area (Å²) >= 11 is 0. The van der Waals surface area contributed by atoms with E-state index in [1.807, 2.05) is 4.90 Å². The number of esters is 1. The van der Waals surface area contributed by atoms with Gasteiger partial charge in [0.2, 0.25) is 5.91 Å². The van der Waals surface area contributed by atoms with E-state index in [4.69, 9.17) is 4.74 Å². The third kappa shape index (κ3) is 2.35. The highest BCUT2D eigenvalue weighted by Gasteiger charge is 2.38. The van der Waals surface area contributed by atoms with Crippen molar-refractivity contribution < 1.29 is 14.3 Å². The summed E-state index contributed by atoms with van der Waals surface area (Å²) in [6, 6.07) is 0. The number of amides is 1. The number of ether oxygens (including phenoxy) is 1. The van der Waals surface area contributed by atoms with Crippen LogP contribution in [0.2, 0.25) is 0 Å². The van der Waals surface area contributed by atoms with Gasteiger partial charge in [0.15, 0.2) is 0 Å². The van der Waals surface area contributed by atoms with Crippen LogP contribution in [0, 0.1) is 11.8 Å². The maximum Gasteiger partial charge on any atom is 0.336 e. The molecule has 0 saturated carbocycles. The van der Waals surface area contributed by atoms with Crippen LogP contribution in [-0.4, -0.2) is 43.0 Å². The summed E-state index contributed by atoms with van der Waals surface area (Å²) in [7, 11) is 0. The van der Waals surface area contributed by atoms with Gasteiger partial charge in [0.25, 0.3) is 0 Å². The molecule has 1 amide bonds. The van der Waals surface area contributed by atoms with E-state index in [0.29, 0.717) is 11.5 Å². The summed E-state index contributed by atoms with van der Waals surface area (Å²) in [6.45, 7) is 4.76. The molecule has 1 unspecified atom stereocenters. The third-order valence-electron chi connectivity index (χ3n) is 4.84. The zero-order valence-corrected chi connectivity index (χ0v) is 12.0. The summed E-state index contributed by atoms with van der Waals surface area (Å²) in [5.41, 5.74) is 1.39. The monoisotopic (exact) mass is 278 g/mol. The lowest BCUT2D eigenvalue weighted by atomic mass is 9.79. The predicted octanol–water partition coefficient (Wildman–Crippen LogP) is 1.06. The molecule has 3 heterocycles. The molecule has 0 aliphatic carbocycles. The minimum Gasteiger partial charge on any atom is -0.456 e. The normalized spacial score (nSPS) is 29.1. The van der Waals surface area contributed by atoms with Crippen LogP contribution in [0.5, 0.6) is 0 Å². The number of likely N-dealkylation sites (tertiary alicyclic amines) is 1. The fraction of sp³-hybridized carbons (Fsp3) is 0.733. The van der Waals surface area contributed by atoms with E-state index >= 15 is 0 Å². The average Bonchev–Trinajstić information content (AvgIpc) is 2.80. The molecule has 0 radical (unpaired) electrons. The van der Waals surface area contributed by atoms with Crippen molar-refractivity contribution in [3.63, 3.8) is 0 Å². The molecule has 3 aliphatic heterocycles. The molecular weight excluding hydrogens is 256 g/mol. The Kier molecular flexibility index (Phi) is 3.78. The molecule has 1 atom stereocenters. The SMILES string of the molecule is CC1=C(N2CCCC(C3CCNCC3)C2=O)COC1=O. The Balaban J connectivity index is 1.76. The Morgan fingerprint density at radius 2 is 1.95 bits per heavy atom. The van der Waals surface area contributed by atoms with E-state index in [-0.39, 0.29) is 24.4 Å². The smallest absolute Gasteiger partial charge is 0.336 e. The van der Waals surface area contributed by atoms with Crippen LogP contribution < -0.4 is 5.32 Å². The van der Waals surface area contributed by atoms with Gasteiger partial charge in [-0.05, 0) is 51.6 Å². The van der Waals surface area contributed by atoms with E-state index in [9.17, 15) is 9.59 Å². The number of nitrogens with zero attached hydrogens (tertiary/aromatic N) is 1. The van der Waals surface area contributed by atoms with Gasteiger partial charge in [-0.2, -0.15) is 0 Å². The summed E-state index contributed by atoms with van der Waals surface area (Å²) in [4.78, 5) is 26.1. The second-order valence-electron chi connectivity index (χ2n) is 5.97. The standard InChI is InChI=1S/C15H22N2O3/c1-10-13(9-20-15(10)19)17-8-2-3-12(14(17)18)11-4-6-16-7-5-11/h11-12,16H,2-9H2,1H3. The lowest BCUT2D eigenvalue weighted by molar-refractivity contribution is -0.140. The molecule has 3 aliphatic rings. The van der Waals surface area contributed by atoms with Crippen LogP contribution in [-0.2, 0) is 14.3 Å². The van der Waals surface area contributed by atoms with Gasteiger partial charge < -0.3 is 15.0 Å². The van der Waals surface area contributed by atoms with Crippen molar-refractivity contribution >= 4 is 11.9 Å².